The number of hydrogen-bond donors (Lipinski definition) is 0. The third kappa shape index (κ3) is 3.71. The number of nitrogens with zero attached hydrogens (tertiary/aromatic N) is 2. The first-order chi connectivity index (χ1) is 19.8. The zero-order valence-corrected chi connectivity index (χ0v) is 21.7. The first-order valence-corrected chi connectivity index (χ1v) is 13.5. The first kappa shape index (κ1) is 22.6. The van der Waals surface area contributed by atoms with Gasteiger partial charge in [0.2, 0.25) is 0 Å². The minimum Gasteiger partial charge on any atom is -0.455 e. The molecule has 2 heterocycles. The van der Waals surface area contributed by atoms with Crippen LogP contribution in [0.25, 0.3) is 54.6 Å². The second-order valence-corrected chi connectivity index (χ2v) is 10.1. The van der Waals surface area contributed by atoms with E-state index in [1.807, 2.05) is 18.3 Å². The van der Waals surface area contributed by atoms with Gasteiger partial charge in [-0.05, 0) is 63.7 Å². The lowest BCUT2D eigenvalue weighted by Gasteiger charge is -2.24. The Morgan fingerprint density at radius 1 is 0.475 bits per heavy atom. The highest BCUT2D eigenvalue weighted by atomic mass is 16.3. The molecule has 0 bridgehead atoms. The number of rotatable bonds is 4. The monoisotopic (exact) mass is 512 g/mol. The smallest absolute Gasteiger partial charge is 0.143 e. The summed E-state index contributed by atoms with van der Waals surface area (Å²) in [6.45, 7) is 0. The fourth-order valence-electron chi connectivity index (χ4n) is 5.67. The molecule has 0 aliphatic carbocycles. The van der Waals surface area contributed by atoms with Gasteiger partial charge in [-0.3, -0.25) is 4.90 Å². The molecule has 6 aromatic carbocycles. The predicted octanol–water partition coefficient (Wildman–Crippen LogP) is 10.4. The maximum absolute atomic E-state index is 6.47. The van der Waals surface area contributed by atoms with Gasteiger partial charge in [-0.15, -0.1) is 0 Å². The molecule has 0 amide bonds. The Morgan fingerprint density at radius 2 is 1.15 bits per heavy atom. The zero-order chi connectivity index (χ0) is 26.5. The van der Waals surface area contributed by atoms with Crippen molar-refractivity contribution in [3.63, 3.8) is 0 Å². The largest absolute Gasteiger partial charge is 0.455 e. The molecule has 0 saturated carbocycles. The van der Waals surface area contributed by atoms with Gasteiger partial charge in [-0.25, -0.2) is 4.98 Å². The number of hydrogen-bond acceptors (Lipinski definition) is 3. The Morgan fingerprint density at radius 3 is 2.00 bits per heavy atom. The van der Waals surface area contributed by atoms with Crippen LogP contribution in [0.3, 0.4) is 0 Å². The van der Waals surface area contributed by atoms with E-state index in [0.717, 1.165) is 44.5 Å². The number of furan rings is 1. The highest BCUT2D eigenvalue weighted by molar-refractivity contribution is 6.15. The molecule has 0 atom stereocenters. The van der Waals surface area contributed by atoms with E-state index in [2.05, 4.69) is 132 Å². The van der Waals surface area contributed by atoms with E-state index in [-0.39, 0.29) is 0 Å². The van der Waals surface area contributed by atoms with E-state index >= 15 is 0 Å². The summed E-state index contributed by atoms with van der Waals surface area (Å²) in [5.74, 6) is 0.806. The van der Waals surface area contributed by atoms with Crippen molar-refractivity contribution in [2.24, 2.45) is 0 Å². The highest BCUT2D eigenvalue weighted by Gasteiger charge is 2.17. The van der Waals surface area contributed by atoms with E-state index in [4.69, 9.17) is 9.40 Å². The Kier molecular flexibility index (Phi) is 5.14. The molecule has 0 N–H and O–H groups in total. The average Bonchev–Trinajstić information content (AvgIpc) is 3.40. The van der Waals surface area contributed by atoms with Crippen molar-refractivity contribution in [1.29, 1.82) is 0 Å². The molecule has 3 heteroatoms. The first-order valence-electron chi connectivity index (χ1n) is 13.5. The lowest BCUT2D eigenvalue weighted by atomic mass is 10.0. The van der Waals surface area contributed by atoms with Crippen LogP contribution in [0.2, 0.25) is 0 Å². The molecule has 0 aliphatic heterocycles. The molecule has 0 aliphatic rings. The van der Waals surface area contributed by atoms with E-state index < -0.39 is 0 Å². The SMILES string of the molecule is c1ccc(N(c2ccc(-c3ccc4ccccc4c3)cc2)c2cc3oc4c5ccccc5ccc4c3cn2)cc1. The van der Waals surface area contributed by atoms with E-state index in [0.29, 0.717) is 0 Å². The predicted molar refractivity (Wildman–Crippen MR) is 167 cm³/mol. The lowest BCUT2D eigenvalue weighted by molar-refractivity contribution is 0.672. The molecular formula is C37H24N2O. The maximum atomic E-state index is 6.47. The van der Waals surface area contributed by atoms with Crippen LogP contribution in [0.5, 0.6) is 0 Å². The number of para-hydroxylation sites is 1. The quantitative estimate of drug-likeness (QED) is 0.235. The molecule has 0 radical (unpaired) electrons. The lowest BCUT2D eigenvalue weighted by Crippen LogP contribution is -2.11. The number of benzene rings is 6. The fourth-order valence-corrected chi connectivity index (χ4v) is 5.67. The van der Waals surface area contributed by atoms with E-state index in [9.17, 15) is 0 Å². The second-order valence-electron chi connectivity index (χ2n) is 10.1. The van der Waals surface area contributed by atoms with Crippen molar-refractivity contribution >= 4 is 60.7 Å². The van der Waals surface area contributed by atoms with Gasteiger partial charge in [0.15, 0.2) is 0 Å². The topological polar surface area (TPSA) is 29.3 Å². The Bertz CT molecular complexity index is 2160. The van der Waals surface area contributed by atoms with Gasteiger partial charge in [-0.1, -0.05) is 97.1 Å². The molecule has 40 heavy (non-hydrogen) atoms. The van der Waals surface area contributed by atoms with Crippen molar-refractivity contribution in [3.05, 3.63) is 146 Å². The third-order valence-electron chi connectivity index (χ3n) is 7.69. The van der Waals surface area contributed by atoms with Gasteiger partial charge < -0.3 is 4.42 Å². The summed E-state index contributed by atoms with van der Waals surface area (Å²) in [7, 11) is 0. The molecule has 8 rings (SSSR count). The number of pyridine rings is 1. The van der Waals surface area contributed by atoms with Gasteiger partial charge >= 0.3 is 0 Å². The normalized spacial score (nSPS) is 11.5. The maximum Gasteiger partial charge on any atom is 0.143 e. The summed E-state index contributed by atoms with van der Waals surface area (Å²) >= 11 is 0. The molecule has 0 fully saturated rings. The molecule has 0 spiro atoms. The Labute approximate surface area is 231 Å². The van der Waals surface area contributed by atoms with E-state index in [1.165, 1.54) is 27.3 Å². The molecule has 0 unspecified atom stereocenters. The summed E-state index contributed by atoms with van der Waals surface area (Å²) in [6.07, 6.45) is 1.94. The van der Waals surface area contributed by atoms with Crippen LogP contribution < -0.4 is 4.90 Å². The molecule has 2 aromatic heterocycles. The summed E-state index contributed by atoms with van der Waals surface area (Å²) in [5, 5.41) is 6.87. The van der Waals surface area contributed by atoms with Crippen LogP contribution in [0.15, 0.2) is 150 Å². The van der Waals surface area contributed by atoms with Crippen molar-refractivity contribution in [3.8, 4) is 11.1 Å². The number of aromatic nitrogens is 1. The highest BCUT2D eigenvalue weighted by Crippen LogP contribution is 2.39. The van der Waals surface area contributed by atoms with Crippen LogP contribution in [0.4, 0.5) is 17.2 Å². The summed E-state index contributed by atoms with van der Waals surface area (Å²) in [4.78, 5) is 7.12. The molecule has 3 nitrogen and oxygen atoms in total. The zero-order valence-electron chi connectivity index (χ0n) is 21.7. The fraction of sp³-hybridized carbons (Fsp3) is 0. The van der Waals surface area contributed by atoms with Crippen LogP contribution in [0.1, 0.15) is 0 Å². The van der Waals surface area contributed by atoms with Gasteiger partial charge in [0.1, 0.15) is 17.0 Å². The van der Waals surface area contributed by atoms with Crippen LogP contribution in [-0.4, -0.2) is 4.98 Å². The third-order valence-corrected chi connectivity index (χ3v) is 7.69. The summed E-state index contributed by atoms with van der Waals surface area (Å²) in [6, 6.07) is 48.8. The molecule has 188 valence electrons. The number of anilines is 3. The summed E-state index contributed by atoms with van der Waals surface area (Å²) < 4.78 is 6.47. The Hall–Kier alpha value is -5.41. The van der Waals surface area contributed by atoms with Crippen LogP contribution in [0, 0.1) is 0 Å². The molecule has 0 saturated heterocycles. The Balaban J connectivity index is 1.24. The van der Waals surface area contributed by atoms with Crippen LogP contribution in [-0.2, 0) is 0 Å². The summed E-state index contributed by atoms with van der Waals surface area (Å²) in [5.41, 5.74) is 6.17. The second kappa shape index (κ2) is 9.11. The number of fused-ring (bicyclic) bond motifs is 6. The van der Waals surface area contributed by atoms with Crippen molar-refractivity contribution < 1.29 is 4.42 Å². The standard InChI is InChI=1S/C37H24N2O/c1-2-11-30(12-3-1)39(31-19-16-26(17-20-31)29-15-14-25-8-4-5-10-28(25)22-29)36-23-35-34(24-38-36)33-21-18-27-9-6-7-13-32(27)37(33)40-35/h1-24H. The van der Waals surface area contributed by atoms with Gasteiger partial charge in [0, 0.05) is 39.8 Å². The molecule has 8 aromatic rings. The van der Waals surface area contributed by atoms with Gasteiger partial charge in [0.05, 0.1) is 0 Å². The minimum atomic E-state index is 0.806. The van der Waals surface area contributed by atoms with Gasteiger partial charge in [0.25, 0.3) is 0 Å². The van der Waals surface area contributed by atoms with Crippen molar-refractivity contribution in [2.45, 2.75) is 0 Å². The van der Waals surface area contributed by atoms with Crippen LogP contribution >= 0.6 is 0 Å². The van der Waals surface area contributed by atoms with E-state index in [1.54, 1.807) is 0 Å². The minimum absolute atomic E-state index is 0.806. The van der Waals surface area contributed by atoms with Gasteiger partial charge in [-0.2, -0.15) is 0 Å². The van der Waals surface area contributed by atoms with Crippen molar-refractivity contribution in [1.82, 2.24) is 4.98 Å². The molecular weight excluding hydrogens is 488 g/mol. The van der Waals surface area contributed by atoms with Crippen molar-refractivity contribution in [2.75, 3.05) is 4.90 Å². The average molecular weight is 513 g/mol.